The number of fused-ring (bicyclic) bond motifs is 2. The Bertz CT molecular complexity index is 1200. The van der Waals surface area contributed by atoms with E-state index in [0.717, 1.165) is 22.6 Å². The average molecular weight is 332 g/mol. The molecule has 10 heteroatoms. The van der Waals surface area contributed by atoms with Crippen LogP contribution in [0.5, 0.6) is 0 Å². The number of hydrogen-bond donors (Lipinski definition) is 0. The quantitative estimate of drug-likeness (QED) is 0.479. The van der Waals surface area contributed by atoms with Crippen molar-refractivity contribution in [2.45, 2.75) is 6.54 Å². The molecule has 5 rings (SSSR count). The van der Waals surface area contributed by atoms with Gasteiger partial charge in [0.1, 0.15) is 0 Å². The zero-order chi connectivity index (χ0) is 16.8. The summed E-state index contributed by atoms with van der Waals surface area (Å²) in [4.78, 5) is 13.2. The van der Waals surface area contributed by atoms with Crippen molar-refractivity contribution in [1.82, 2.24) is 49.3 Å². The van der Waals surface area contributed by atoms with Gasteiger partial charge in [-0.15, -0.1) is 5.10 Å². The van der Waals surface area contributed by atoms with E-state index in [0.29, 0.717) is 17.8 Å². The van der Waals surface area contributed by atoms with Crippen molar-refractivity contribution in [2.75, 3.05) is 0 Å². The van der Waals surface area contributed by atoms with Gasteiger partial charge in [-0.25, -0.2) is 24.1 Å². The van der Waals surface area contributed by atoms with Crippen LogP contribution < -0.4 is 0 Å². The van der Waals surface area contributed by atoms with E-state index >= 15 is 0 Å². The molecule has 0 aliphatic carbocycles. The molecule has 0 unspecified atom stereocenters. The van der Waals surface area contributed by atoms with Crippen molar-refractivity contribution >= 4 is 16.9 Å². The van der Waals surface area contributed by atoms with Crippen LogP contribution in [0.15, 0.2) is 43.1 Å². The predicted octanol–water partition coefficient (Wildman–Crippen LogP) is 0.713. The smallest absolute Gasteiger partial charge is 0.221 e. The van der Waals surface area contributed by atoms with Gasteiger partial charge in [-0.1, -0.05) is 5.21 Å². The molecule has 122 valence electrons. The Kier molecular flexibility index (Phi) is 2.83. The summed E-state index contributed by atoms with van der Waals surface area (Å²) in [5.74, 6) is 0. The van der Waals surface area contributed by atoms with E-state index in [1.54, 1.807) is 38.7 Å². The number of nitrogens with zero attached hydrogens (tertiary/aromatic N) is 10. The Hall–Kier alpha value is -3.69. The summed E-state index contributed by atoms with van der Waals surface area (Å²) in [5, 5.41) is 16.9. The van der Waals surface area contributed by atoms with Gasteiger partial charge in [-0.05, 0) is 12.1 Å². The fourth-order valence-corrected chi connectivity index (χ4v) is 2.65. The number of aryl methyl sites for hydroxylation is 1. The minimum absolute atomic E-state index is 0.440. The summed E-state index contributed by atoms with van der Waals surface area (Å²) in [6, 6.07) is 3.82. The highest BCUT2D eigenvalue weighted by molar-refractivity contribution is 5.69. The Morgan fingerprint density at radius 1 is 1.12 bits per heavy atom. The number of imidazole rings is 1. The van der Waals surface area contributed by atoms with Gasteiger partial charge in [0.05, 0.1) is 30.3 Å². The largest absolute Gasteiger partial charge is 0.275 e. The maximum Gasteiger partial charge on any atom is 0.221 e. The third-order valence-corrected chi connectivity index (χ3v) is 3.85. The Balaban J connectivity index is 1.56. The zero-order valence-electron chi connectivity index (χ0n) is 13.2. The third kappa shape index (κ3) is 2.31. The van der Waals surface area contributed by atoms with Crippen LogP contribution in [0.25, 0.3) is 28.2 Å². The molecule has 10 nitrogen and oxygen atoms in total. The first-order valence-corrected chi connectivity index (χ1v) is 7.61. The Morgan fingerprint density at radius 3 is 2.96 bits per heavy atom. The number of hydrogen-bond acceptors (Lipinski definition) is 7. The second kappa shape index (κ2) is 5.16. The third-order valence-electron chi connectivity index (χ3n) is 3.85. The topological polar surface area (TPSA) is 104 Å². The molecule has 0 bridgehead atoms. The summed E-state index contributed by atoms with van der Waals surface area (Å²) in [7, 11) is 1.86. The lowest BCUT2D eigenvalue weighted by molar-refractivity contribution is 0.641. The van der Waals surface area contributed by atoms with Crippen LogP contribution in [0, 0.1) is 0 Å². The first-order valence-electron chi connectivity index (χ1n) is 7.61. The molecule has 0 radical (unpaired) electrons. The van der Waals surface area contributed by atoms with E-state index in [4.69, 9.17) is 0 Å². The molecule has 0 fully saturated rings. The van der Waals surface area contributed by atoms with Gasteiger partial charge >= 0.3 is 0 Å². The lowest BCUT2D eigenvalue weighted by Gasteiger charge is -2.03. The molecule has 0 atom stereocenters. The van der Waals surface area contributed by atoms with E-state index in [2.05, 4.69) is 35.5 Å². The summed E-state index contributed by atoms with van der Waals surface area (Å²) >= 11 is 0. The van der Waals surface area contributed by atoms with Gasteiger partial charge in [0.25, 0.3) is 0 Å². The molecule has 25 heavy (non-hydrogen) atoms. The van der Waals surface area contributed by atoms with Crippen molar-refractivity contribution in [3.05, 3.63) is 48.8 Å². The van der Waals surface area contributed by atoms with E-state index in [1.807, 2.05) is 25.4 Å². The van der Waals surface area contributed by atoms with Crippen molar-refractivity contribution in [1.29, 1.82) is 0 Å². The van der Waals surface area contributed by atoms with Gasteiger partial charge in [0.15, 0.2) is 11.3 Å². The molecule has 0 spiro atoms. The predicted molar refractivity (Wildman–Crippen MR) is 87.4 cm³/mol. The molecule has 0 saturated heterocycles. The second-order valence-corrected chi connectivity index (χ2v) is 5.61. The van der Waals surface area contributed by atoms with Crippen molar-refractivity contribution < 1.29 is 0 Å². The molecule has 0 aliphatic heterocycles. The lowest BCUT2D eigenvalue weighted by atomic mass is 10.3. The van der Waals surface area contributed by atoms with Crippen LogP contribution in [0.1, 0.15) is 5.69 Å². The maximum atomic E-state index is 4.64. The minimum atomic E-state index is 0.440. The van der Waals surface area contributed by atoms with Gasteiger partial charge < -0.3 is 0 Å². The standard InChI is InChI=1S/C15H12N10/c1-23-8-10(6-18-23)12-7-17-14-15(19-12)25(22-20-14)9-11-2-3-13-16-4-5-24(13)21-11/h2-8H,9H2,1H3. The van der Waals surface area contributed by atoms with E-state index in [1.165, 1.54) is 0 Å². The van der Waals surface area contributed by atoms with Gasteiger partial charge in [0.2, 0.25) is 5.65 Å². The van der Waals surface area contributed by atoms with Crippen molar-refractivity contribution in [3.8, 4) is 11.3 Å². The normalized spacial score (nSPS) is 11.6. The summed E-state index contributed by atoms with van der Waals surface area (Å²) in [6.07, 6.45) is 8.83. The van der Waals surface area contributed by atoms with Crippen LogP contribution in [0.2, 0.25) is 0 Å². The highest BCUT2D eigenvalue weighted by Gasteiger charge is 2.12. The monoisotopic (exact) mass is 332 g/mol. The van der Waals surface area contributed by atoms with Crippen LogP contribution >= 0.6 is 0 Å². The van der Waals surface area contributed by atoms with Crippen LogP contribution in [-0.2, 0) is 13.6 Å². The molecular formula is C15H12N10. The Morgan fingerprint density at radius 2 is 2.08 bits per heavy atom. The molecular weight excluding hydrogens is 320 g/mol. The van der Waals surface area contributed by atoms with E-state index in [9.17, 15) is 0 Å². The summed E-state index contributed by atoms with van der Waals surface area (Å²) in [6.45, 7) is 0.440. The number of aromatic nitrogens is 10. The first-order chi connectivity index (χ1) is 12.3. The minimum Gasteiger partial charge on any atom is -0.275 e. The van der Waals surface area contributed by atoms with Gasteiger partial charge in [-0.2, -0.15) is 10.2 Å². The fourth-order valence-electron chi connectivity index (χ4n) is 2.65. The zero-order valence-corrected chi connectivity index (χ0v) is 13.2. The van der Waals surface area contributed by atoms with E-state index in [-0.39, 0.29) is 0 Å². The number of rotatable bonds is 3. The second-order valence-electron chi connectivity index (χ2n) is 5.61. The van der Waals surface area contributed by atoms with Crippen LogP contribution in [-0.4, -0.2) is 49.3 Å². The summed E-state index contributed by atoms with van der Waals surface area (Å²) < 4.78 is 5.13. The van der Waals surface area contributed by atoms with Crippen molar-refractivity contribution in [2.24, 2.45) is 7.05 Å². The molecule has 5 aromatic rings. The lowest BCUT2D eigenvalue weighted by Crippen LogP contribution is -2.07. The van der Waals surface area contributed by atoms with E-state index < -0.39 is 0 Å². The summed E-state index contributed by atoms with van der Waals surface area (Å²) in [5.41, 5.74) is 4.34. The van der Waals surface area contributed by atoms with Crippen LogP contribution in [0.4, 0.5) is 0 Å². The fraction of sp³-hybridized carbons (Fsp3) is 0.133. The first kappa shape index (κ1) is 13.7. The molecule has 5 aromatic heterocycles. The molecule has 0 aromatic carbocycles. The molecule has 0 aliphatic rings. The molecule has 0 N–H and O–H groups in total. The molecule has 5 heterocycles. The SMILES string of the molecule is Cn1cc(-c2cnc3nnn(Cc4ccc5nccn5n4)c3n2)cn1. The Labute approximate surface area is 140 Å². The van der Waals surface area contributed by atoms with Gasteiger partial charge in [-0.3, -0.25) is 4.68 Å². The highest BCUT2D eigenvalue weighted by atomic mass is 15.5. The molecule has 0 saturated carbocycles. The van der Waals surface area contributed by atoms with Gasteiger partial charge in [0, 0.05) is 31.2 Å². The van der Waals surface area contributed by atoms with Crippen LogP contribution in [0.3, 0.4) is 0 Å². The highest BCUT2D eigenvalue weighted by Crippen LogP contribution is 2.17. The molecule has 0 amide bonds. The van der Waals surface area contributed by atoms with Crippen molar-refractivity contribution in [3.63, 3.8) is 0 Å². The maximum absolute atomic E-state index is 4.64. The average Bonchev–Trinajstić information content (AvgIpc) is 3.34.